The van der Waals surface area contributed by atoms with Crippen molar-refractivity contribution in [1.29, 1.82) is 5.41 Å². The van der Waals surface area contributed by atoms with E-state index in [-0.39, 0.29) is 5.84 Å². The van der Waals surface area contributed by atoms with Crippen molar-refractivity contribution in [2.45, 2.75) is 45.6 Å². The van der Waals surface area contributed by atoms with Crippen molar-refractivity contribution < 1.29 is 5.11 Å². The topological polar surface area (TPSA) is 98.2 Å². The molecule has 0 fully saturated rings. The van der Waals surface area contributed by atoms with Crippen LogP contribution in [-0.2, 0) is 5.60 Å². The molecule has 5 N–H and O–H groups in total. The molecule has 1 atom stereocenters. The Morgan fingerprint density at radius 2 is 2.26 bits per heavy atom. The van der Waals surface area contributed by atoms with Crippen LogP contribution in [0.5, 0.6) is 0 Å². The predicted molar refractivity (Wildman–Crippen MR) is 78.6 cm³/mol. The summed E-state index contributed by atoms with van der Waals surface area (Å²) in [5.74, 6) is 0.806. The molecule has 0 aliphatic rings. The molecule has 5 nitrogen and oxygen atoms in total. The van der Waals surface area contributed by atoms with Gasteiger partial charge in [0, 0.05) is 5.69 Å². The summed E-state index contributed by atoms with van der Waals surface area (Å²) in [6, 6.07) is 3.62. The van der Waals surface area contributed by atoms with E-state index >= 15 is 0 Å². The Kier molecular flexibility index (Phi) is 5.30. The maximum atomic E-state index is 10.7. The van der Waals surface area contributed by atoms with E-state index in [2.05, 4.69) is 23.8 Å². The fraction of sp³-hybridized carbons (Fsp3) is 0.571. The molecule has 1 heterocycles. The summed E-state index contributed by atoms with van der Waals surface area (Å²) in [5.41, 5.74) is 6.25. The first-order valence-electron chi connectivity index (χ1n) is 6.67. The van der Waals surface area contributed by atoms with Crippen LogP contribution in [0, 0.1) is 11.3 Å². The number of amidine groups is 1. The van der Waals surface area contributed by atoms with E-state index in [1.807, 2.05) is 13.0 Å². The predicted octanol–water partition coefficient (Wildman–Crippen LogP) is 2.36. The molecular formula is C14H24N4O. The molecule has 0 saturated heterocycles. The maximum absolute atomic E-state index is 10.7. The van der Waals surface area contributed by atoms with Gasteiger partial charge in [0.1, 0.15) is 17.8 Å². The van der Waals surface area contributed by atoms with Crippen LogP contribution in [0.25, 0.3) is 0 Å². The van der Waals surface area contributed by atoms with E-state index in [1.54, 1.807) is 6.07 Å². The first kappa shape index (κ1) is 15.4. The van der Waals surface area contributed by atoms with E-state index in [0.717, 1.165) is 18.5 Å². The Morgan fingerprint density at radius 1 is 1.58 bits per heavy atom. The van der Waals surface area contributed by atoms with Gasteiger partial charge in [-0.25, -0.2) is 4.99 Å². The molecule has 1 rings (SSSR count). The van der Waals surface area contributed by atoms with Gasteiger partial charge in [0.25, 0.3) is 0 Å². The number of aromatic nitrogens is 1. The van der Waals surface area contributed by atoms with Crippen LogP contribution >= 0.6 is 0 Å². The number of hydrogen-bond acceptors (Lipinski definition) is 2. The SMILES string of the molecule is CCC(O)(CCC(C)C)c1ccc(C(N)=NC=N)[nH]1. The highest BCUT2D eigenvalue weighted by molar-refractivity contribution is 5.99. The first-order chi connectivity index (χ1) is 8.92. The van der Waals surface area contributed by atoms with Crippen molar-refractivity contribution in [3.05, 3.63) is 23.5 Å². The fourth-order valence-electron chi connectivity index (χ4n) is 1.98. The lowest BCUT2D eigenvalue weighted by atomic mass is 9.88. The Morgan fingerprint density at radius 3 is 2.79 bits per heavy atom. The molecule has 0 bridgehead atoms. The van der Waals surface area contributed by atoms with Gasteiger partial charge in [-0.1, -0.05) is 20.8 Å². The average Bonchev–Trinajstić information content (AvgIpc) is 2.86. The van der Waals surface area contributed by atoms with Crippen LogP contribution in [0.3, 0.4) is 0 Å². The lowest BCUT2D eigenvalue weighted by molar-refractivity contribution is 0.0144. The van der Waals surface area contributed by atoms with E-state index in [9.17, 15) is 5.11 Å². The van der Waals surface area contributed by atoms with Crippen molar-refractivity contribution in [2.24, 2.45) is 16.6 Å². The summed E-state index contributed by atoms with van der Waals surface area (Å²) >= 11 is 0. The summed E-state index contributed by atoms with van der Waals surface area (Å²) in [5, 5.41) is 17.6. The van der Waals surface area contributed by atoms with Gasteiger partial charge in [-0.15, -0.1) is 0 Å². The van der Waals surface area contributed by atoms with E-state index in [0.29, 0.717) is 24.5 Å². The molecule has 0 amide bonds. The monoisotopic (exact) mass is 264 g/mol. The average molecular weight is 264 g/mol. The van der Waals surface area contributed by atoms with Gasteiger partial charge in [0.2, 0.25) is 0 Å². The quantitative estimate of drug-likeness (QED) is 0.449. The molecule has 0 radical (unpaired) electrons. The van der Waals surface area contributed by atoms with Gasteiger partial charge in [-0.3, -0.25) is 5.41 Å². The maximum Gasteiger partial charge on any atom is 0.148 e. The molecule has 5 heteroatoms. The third-order valence-electron chi connectivity index (χ3n) is 3.39. The molecular weight excluding hydrogens is 240 g/mol. The van der Waals surface area contributed by atoms with Gasteiger partial charge < -0.3 is 15.8 Å². The van der Waals surface area contributed by atoms with Crippen molar-refractivity contribution in [2.75, 3.05) is 0 Å². The third kappa shape index (κ3) is 3.92. The first-order valence-corrected chi connectivity index (χ1v) is 6.67. The van der Waals surface area contributed by atoms with Gasteiger partial charge in [0.05, 0.1) is 5.69 Å². The van der Waals surface area contributed by atoms with Crippen molar-refractivity contribution >= 4 is 12.2 Å². The van der Waals surface area contributed by atoms with Crippen LogP contribution < -0.4 is 5.73 Å². The molecule has 19 heavy (non-hydrogen) atoms. The number of aliphatic imine (C=N–C) groups is 1. The minimum Gasteiger partial charge on any atom is -0.384 e. The number of nitrogens with two attached hydrogens (primary N) is 1. The minimum atomic E-state index is -0.854. The minimum absolute atomic E-state index is 0.253. The van der Waals surface area contributed by atoms with Crippen molar-refractivity contribution in [3.63, 3.8) is 0 Å². The standard InChI is InChI=1S/C14H24N4O/c1-4-14(19,8-7-10(2)3)12-6-5-11(18-12)13(16)17-9-15/h5-6,9-10,18-19H,4,7-8H2,1-3H3,(H3,15,16,17). The second-order valence-electron chi connectivity index (χ2n) is 5.25. The summed E-state index contributed by atoms with van der Waals surface area (Å²) in [7, 11) is 0. The third-order valence-corrected chi connectivity index (χ3v) is 3.39. The molecule has 106 valence electrons. The zero-order chi connectivity index (χ0) is 14.5. The van der Waals surface area contributed by atoms with Gasteiger partial charge >= 0.3 is 0 Å². The number of aromatic amines is 1. The van der Waals surface area contributed by atoms with Crippen LogP contribution in [0.15, 0.2) is 17.1 Å². The number of hydrogen-bond donors (Lipinski definition) is 4. The summed E-state index contributed by atoms with van der Waals surface area (Å²) in [6.07, 6.45) is 3.22. The molecule has 0 aliphatic heterocycles. The van der Waals surface area contributed by atoms with Gasteiger partial charge in [-0.2, -0.15) is 0 Å². The fourth-order valence-corrected chi connectivity index (χ4v) is 1.98. The molecule has 1 aromatic rings. The van der Waals surface area contributed by atoms with Gasteiger partial charge in [-0.05, 0) is 37.3 Å². The lowest BCUT2D eigenvalue weighted by Crippen LogP contribution is -2.26. The van der Waals surface area contributed by atoms with E-state index in [4.69, 9.17) is 11.1 Å². The second-order valence-corrected chi connectivity index (χ2v) is 5.25. The zero-order valence-corrected chi connectivity index (χ0v) is 11.9. The Labute approximate surface area is 114 Å². The molecule has 1 unspecified atom stereocenters. The highest BCUT2D eigenvalue weighted by Gasteiger charge is 2.28. The van der Waals surface area contributed by atoms with Crippen molar-refractivity contribution in [3.8, 4) is 0 Å². The second kappa shape index (κ2) is 6.52. The summed E-state index contributed by atoms with van der Waals surface area (Å²) < 4.78 is 0. The number of aliphatic hydroxyl groups is 1. The van der Waals surface area contributed by atoms with E-state index in [1.165, 1.54) is 0 Å². The highest BCUT2D eigenvalue weighted by Crippen LogP contribution is 2.30. The lowest BCUT2D eigenvalue weighted by Gasteiger charge is -2.26. The van der Waals surface area contributed by atoms with E-state index < -0.39 is 5.60 Å². The van der Waals surface area contributed by atoms with Crippen LogP contribution in [0.4, 0.5) is 0 Å². The number of nitrogens with one attached hydrogen (secondary N) is 2. The molecule has 0 spiro atoms. The highest BCUT2D eigenvalue weighted by atomic mass is 16.3. The number of H-pyrrole nitrogens is 1. The van der Waals surface area contributed by atoms with Crippen LogP contribution in [0.1, 0.15) is 51.4 Å². The van der Waals surface area contributed by atoms with Crippen LogP contribution in [-0.4, -0.2) is 22.3 Å². The van der Waals surface area contributed by atoms with Crippen molar-refractivity contribution in [1.82, 2.24) is 4.98 Å². The normalized spacial score (nSPS) is 15.5. The number of rotatable bonds is 7. The zero-order valence-electron chi connectivity index (χ0n) is 11.9. The molecule has 0 aromatic carbocycles. The van der Waals surface area contributed by atoms with Gasteiger partial charge in [0.15, 0.2) is 0 Å². The molecule has 0 saturated carbocycles. The molecule has 1 aromatic heterocycles. The summed E-state index contributed by atoms with van der Waals surface area (Å²) in [6.45, 7) is 6.26. The smallest absolute Gasteiger partial charge is 0.148 e. The summed E-state index contributed by atoms with van der Waals surface area (Å²) in [4.78, 5) is 6.82. The Hall–Kier alpha value is -1.62. The Bertz CT molecular complexity index is 450. The largest absolute Gasteiger partial charge is 0.384 e. The van der Waals surface area contributed by atoms with Crippen LogP contribution in [0.2, 0.25) is 0 Å². The molecule has 0 aliphatic carbocycles. The number of nitrogens with zero attached hydrogens (tertiary/aromatic N) is 1. The Balaban J connectivity index is 2.93.